The summed E-state index contributed by atoms with van der Waals surface area (Å²) in [6, 6.07) is 13.9. The Bertz CT molecular complexity index is 1000. The number of benzene rings is 1. The molecule has 1 atom stereocenters. The quantitative estimate of drug-likeness (QED) is 0.351. The van der Waals surface area contributed by atoms with Crippen molar-refractivity contribution < 1.29 is 18.8 Å². The Labute approximate surface area is 194 Å². The summed E-state index contributed by atoms with van der Waals surface area (Å²) in [6.45, 7) is 3.74. The fourth-order valence-electron chi connectivity index (χ4n) is 4.25. The molecule has 0 aliphatic carbocycles. The smallest absolute Gasteiger partial charge is 0.232 e. The molecule has 1 fully saturated rings. The molecule has 0 unspecified atom stereocenters. The Hall–Kier alpha value is -3.05. The Morgan fingerprint density at radius 1 is 1.12 bits per heavy atom. The van der Waals surface area contributed by atoms with Gasteiger partial charge in [-0.25, -0.2) is 0 Å². The van der Waals surface area contributed by atoms with Crippen molar-refractivity contribution in [3.8, 4) is 23.6 Å². The number of ether oxygens (including phenoxy) is 1. The first kappa shape index (κ1) is 23.1. The minimum Gasteiger partial charge on any atom is -0.468 e. The maximum absolute atomic E-state index is 10.6. The summed E-state index contributed by atoms with van der Waals surface area (Å²) in [5.41, 5.74) is 2.86. The number of aromatic nitrogens is 1. The van der Waals surface area contributed by atoms with Crippen LogP contribution in [0.4, 0.5) is 5.88 Å². The van der Waals surface area contributed by atoms with Gasteiger partial charge in [-0.15, -0.1) is 6.42 Å². The van der Waals surface area contributed by atoms with E-state index in [9.17, 15) is 5.11 Å². The molecule has 7 heteroatoms. The fourth-order valence-corrected chi connectivity index (χ4v) is 4.25. The molecule has 0 bridgehead atoms. The first-order valence-electron chi connectivity index (χ1n) is 11.5. The molecule has 0 radical (unpaired) electrons. The predicted molar refractivity (Wildman–Crippen MR) is 126 cm³/mol. The molecule has 1 N–H and O–H groups in total. The zero-order valence-electron chi connectivity index (χ0n) is 18.9. The second kappa shape index (κ2) is 11.7. The van der Waals surface area contributed by atoms with Crippen LogP contribution in [-0.4, -0.2) is 54.1 Å². The summed E-state index contributed by atoms with van der Waals surface area (Å²) in [4.78, 5) is 4.42. The monoisotopic (exact) mass is 449 g/mol. The largest absolute Gasteiger partial charge is 0.468 e. The Morgan fingerprint density at radius 3 is 2.67 bits per heavy atom. The fraction of sp³-hybridized carbons (Fsp3) is 0.423. The number of furan rings is 1. The lowest BCUT2D eigenvalue weighted by molar-refractivity contribution is 0.0230. The summed E-state index contributed by atoms with van der Waals surface area (Å²) in [5, 5.41) is 15.1. The second-order valence-corrected chi connectivity index (χ2v) is 8.35. The summed E-state index contributed by atoms with van der Waals surface area (Å²) < 4.78 is 16.9. The highest BCUT2D eigenvalue weighted by Crippen LogP contribution is 2.34. The molecule has 174 valence electrons. The van der Waals surface area contributed by atoms with Gasteiger partial charge in [0.2, 0.25) is 5.88 Å². The first-order chi connectivity index (χ1) is 16.2. The number of hydrogen-bond donors (Lipinski definition) is 1. The molecular formula is C26H31N3O4. The van der Waals surface area contributed by atoms with Crippen LogP contribution in [0.25, 0.3) is 11.3 Å². The molecule has 0 amide bonds. The van der Waals surface area contributed by atoms with Gasteiger partial charge in [0.1, 0.15) is 18.1 Å². The van der Waals surface area contributed by atoms with Crippen LogP contribution in [-0.2, 0) is 17.8 Å². The van der Waals surface area contributed by atoms with Crippen molar-refractivity contribution in [2.24, 2.45) is 0 Å². The van der Waals surface area contributed by atoms with Crippen molar-refractivity contribution in [3.05, 3.63) is 60.1 Å². The SMILES string of the molecule is C#CCOC[C@H](O)CN(Cc1ccco1)Cc1c(-c2ccccc2)noc1N1CCCCC1. The van der Waals surface area contributed by atoms with Crippen molar-refractivity contribution in [1.29, 1.82) is 0 Å². The first-order valence-corrected chi connectivity index (χ1v) is 11.5. The van der Waals surface area contributed by atoms with E-state index in [0.717, 1.165) is 54.4 Å². The van der Waals surface area contributed by atoms with Gasteiger partial charge in [0.25, 0.3) is 0 Å². The van der Waals surface area contributed by atoms with Crippen LogP contribution in [0.5, 0.6) is 0 Å². The van der Waals surface area contributed by atoms with Crippen molar-refractivity contribution in [3.63, 3.8) is 0 Å². The second-order valence-electron chi connectivity index (χ2n) is 8.35. The van der Waals surface area contributed by atoms with Crippen LogP contribution in [0, 0.1) is 12.3 Å². The van der Waals surface area contributed by atoms with Crippen molar-refractivity contribution in [2.75, 3.05) is 37.7 Å². The number of hydrogen-bond acceptors (Lipinski definition) is 7. The van der Waals surface area contributed by atoms with Crippen LogP contribution in [0.15, 0.2) is 57.7 Å². The van der Waals surface area contributed by atoms with Gasteiger partial charge in [0.15, 0.2) is 0 Å². The molecule has 4 rings (SSSR count). The zero-order chi connectivity index (χ0) is 22.9. The maximum Gasteiger partial charge on any atom is 0.232 e. The minimum absolute atomic E-state index is 0.174. The number of piperidine rings is 1. The molecule has 0 spiro atoms. The van der Waals surface area contributed by atoms with Crippen molar-refractivity contribution in [1.82, 2.24) is 10.1 Å². The lowest BCUT2D eigenvalue weighted by atomic mass is 10.1. The molecule has 1 aliphatic heterocycles. The minimum atomic E-state index is -0.688. The molecule has 0 saturated carbocycles. The van der Waals surface area contributed by atoms with Crippen LogP contribution in [0.3, 0.4) is 0 Å². The van der Waals surface area contributed by atoms with Crippen LogP contribution < -0.4 is 4.90 Å². The average molecular weight is 450 g/mol. The van der Waals surface area contributed by atoms with Gasteiger partial charge in [0.05, 0.1) is 31.1 Å². The van der Waals surface area contributed by atoms with E-state index >= 15 is 0 Å². The van der Waals surface area contributed by atoms with Gasteiger partial charge in [-0.1, -0.05) is 41.4 Å². The van der Waals surface area contributed by atoms with E-state index in [1.54, 1.807) is 6.26 Å². The molecule has 1 aliphatic rings. The van der Waals surface area contributed by atoms with Crippen molar-refractivity contribution in [2.45, 2.75) is 38.5 Å². The number of nitrogens with zero attached hydrogens (tertiary/aromatic N) is 3. The van der Waals surface area contributed by atoms with E-state index in [4.69, 9.17) is 20.1 Å². The summed E-state index contributed by atoms with van der Waals surface area (Å²) in [7, 11) is 0. The van der Waals surface area contributed by atoms with E-state index in [-0.39, 0.29) is 13.2 Å². The van der Waals surface area contributed by atoms with Crippen molar-refractivity contribution >= 4 is 5.88 Å². The molecular weight excluding hydrogens is 418 g/mol. The maximum atomic E-state index is 10.6. The van der Waals surface area contributed by atoms with E-state index < -0.39 is 6.10 Å². The average Bonchev–Trinajstić information content (AvgIpc) is 3.50. The zero-order valence-corrected chi connectivity index (χ0v) is 18.9. The molecule has 1 aromatic carbocycles. The molecule has 2 aromatic heterocycles. The number of terminal acetylenes is 1. The highest BCUT2D eigenvalue weighted by atomic mass is 16.5. The van der Waals surface area contributed by atoms with Gasteiger partial charge in [0, 0.05) is 31.7 Å². The highest BCUT2D eigenvalue weighted by molar-refractivity contribution is 5.68. The Balaban J connectivity index is 1.61. The van der Waals surface area contributed by atoms with Gasteiger partial charge in [-0.3, -0.25) is 4.90 Å². The third-order valence-corrected chi connectivity index (χ3v) is 5.76. The molecule has 1 saturated heterocycles. The topological polar surface area (TPSA) is 75.1 Å². The molecule has 7 nitrogen and oxygen atoms in total. The van der Waals surface area contributed by atoms with E-state index in [1.165, 1.54) is 6.42 Å². The Morgan fingerprint density at radius 2 is 1.94 bits per heavy atom. The van der Waals surface area contributed by atoms with Gasteiger partial charge < -0.3 is 23.7 Å². The van der Waals surface area contributed by atoms with Gasteiger partial charge in [-0.05, 0) is 31.4 Å². The summed E-state index contributed by atoms with van der Waals surface area (Å²) >= 11 is 0. The highest BCUT2D eigenvalue weighted by Gasteiger charge is 2.26. The molecule has 3 heterocycles. The number of aliphatic hydroxyl groups is 1. The summed E-state index contributed by atoms with van der Waals surface area (Å²) in [5.74, 6) is 4.07. The van der Waals surface area contributed by atoms with Crippen LogP contribution in [0.1, 0.15) is 30.6 Å². The Kier molecular flexibility index (Phi) is 8.20. The van der Waals surface area contributed by atoms with Gasteiger partial charge in [-0.2, -0.15) is 0 Å². The predicted octanol–water partition coefficient (Wildman–Crippen LogP) is 3.94. The lowest BCUT2D eigenvalue weighted by Crippen LogP contribution is -2.35. The summed E-state index contributed by atoms with van der Waals surface area (Å²) in [6.07, 6.45) is 9.75. The van der Waals surface area contributed by atoms with Crippen LogP contribution in [0.2, 0.25) is 0 Å². The molecule has 33 heavy (non-hydrogen) atoms. The van der Waals surface area contributed by atoms with E-state index in [1.807, 2.05) is 42.5 Å². The standard InChI is InChI=1S/C26H31N3O4/c1-2-15-31-20-22(30)17-28(18-23-12-9-16-32-23)19-24-25(21-10-5-3-6-11-21)27-33-26(24)29-13-7-4-8-14-29/h1,3,5-6,9-12,16,22,30H,4,7-8,13-15,17-20H2/t22-/m1/s1. The normalized spacial score (nSPS) is 15.0. The third-order valence-electron chi connectivity index (χ3n) is 5.76. The van der Waals surface area contributed by atoms with E-state index in [0.29, 0.717) is 19.6 Å². The van der Waals surface area contributed by atoms with Gasteiger partial charge >= 0.3 is 0 Å². The number of rotatable bonds is 11. The third kappa shape index (κ3) is 6.26. The lowest BCUT2D eigenvalue weighted by Gasteiger charge is -2.28. The van der Waals surface area contributed by atoms with E-state index in [2.05, 4.69) is 20.9 Å². The molecule has 3 aromatic rings. The number of aliphatic hydroxyl groups excluding tert-OH is 1. The van der Waals surface area contributed by atoms with Crippen LogP contribution >= 0.6 is 0 Å². The number of anilines is 1.